The van der Waals surface area contributed by atoms with Gasteiger partial charge in [-0.05, 0) is 41.2 Å². The standard InChI is InChI=1S/C14H20O.C2H6.CH5N/c1-10(2)15-13(5)14-9-7-11(3)6-8-12(14)4;2*1-2/h6-7,9-10H,5,8H2,1-4H3;1-2H3;2H2,1H3. The van der Waals surface area contributed by atoms with Gasteiger partial charge in [-0.3, -0.25) is 0 Å². The molecular formula is C17H31NO. The van der Waals surface area contributed by atoms with Gasteiger partial charge in [0.15, 0.2) is 0 Å². The van der Waals surface area contributed by atoms with Crippen LogP contribution in [-0.4, -0.2) is 13.2 Å². The molecule has 0 atom stereocenters. The van der Waals surface area contributed by atoms with Crippen molar-refractivity contribution >= 4 is 0 Å². The summed E-state index contributed by atoms with van der Waals surface area (Å²) in [4.78, 5) is 0. The molecule has 0 saturated heterocycles. The van der Waals surface area contributed by atoms with E-state index < -0.39 is 0 Å². The van der Waals surface area contributed by atoms with Crippen LogP contribution in [0.5, 0.6) is 0 Å². The zero-order valence-corrected chi connectivity index (χ0v) is 13.7. The maximum Gasteiger partial charge on any atom is 0.119 e. The van der Waals surface area contributed by atoms with Gasteiger partial charge in [0.05, 0.1) is 6.10 Å². The normalized spacial score (nSPS) is 13.6. The Balaban J connectivity index is 0. The van der Waals surface area contributed by atoms with Crippen LogP contribution in [0.3, 0.4) is 0 Å². The van der Waals surface area contributed by atoms with Gasteiger partial charge < -0.3 is 10.5 Å². The summed E-state index contributed by atoms with van der Waals surface area (Å²) in [5.74, 6) is 0.779. The Kier molecular flexibility index (Phi) is 12.4. The fourth-order valence-corrected chi connectivity index (χ4v) is 1.53. The summed E-state index contributed by atoms with van der Waals surface area (Å²) in [5.41, 5.74) is 8.24. The van der Waals surface area contributed by atoms with Crippen molar-refractivity contribution in [2.75, 3.05) is 7.05 Å². The van der Waals surface area contributed by atoms with Gasteiger partial charge in [0.2, 0.25) is 0 Å². The van der Waals surface area contributed by atoms with Crippen LogP contribution >= 0.6 is 0 Å². The molecule has 0 aromatic heterocycles. The van der Waals surface area contributed by atoms with E-state index in [1.54, 1.807) is 0 Å². The van der Waals surface area contributed by atoms with Crippen molar-refractivity contribution in [1.82, 2.24) is 0 Å². The summed E-state index contributed by atoms with van der Waals surface area (Å²) >= 11 is 0. The molecule has 0 spiro atoms. The van der Waals surface area contributed by atoms with Crippen LogP contribution in [0.4, 0.5) is 0 Å². The second-order valence-corrected chi connectivity index (χ2v) is 4.27. The summed E-state index contributed by atoms with van der Waals surface area (Å²) in [7, 11) is 1.50. The molecule has 1 aliphatic carbocycles. The molecule has 0 heterocycles. The van der Waals surface area contributed by atoms with Gasteiger partial charge in [0, 0.05) is 5.57 Å². The molecule has 0 radical (unpaired) electrons. The predicted octanol–water partition coefficient (Wildman–Crippen LogP) is 4.75. The lowest BCUT2D eigenvalue weighted by molar-refractivity contribution is 0.156. The van der Waals surface area contributed by atoms with Crippen molar-refractivity contribution in [3.8, 4) is 0 Å². The number of hydrogen-bond acceptors (Lipinski definition) is 2. The number of rotatable bonds is 3. The number of allylic oxidation sites excluding steroid dienone is 5. The molecule has 0 bridgehead atoms. The first-order valence-electron chi connectivity index (χ1n) is 6.99. The Bertz CT molecular complexity index is 346. The van der Waals surface area contributed by atoms with Crippen molar-refractivity contribution in [2.45, 2.75) is 54.1 Å². The van der Waals surface area contributed by atoms with Crippen molar-refractivity contribution in [1.29, 1.82) is 0 Å². The summed E-state index contributed by atoms with van der Waals surface area (Å²) in [6, 6.07) is 0. The fourth-order valence-electron chi connectivity index (χ4n) is 1.53. The molecular weight excluding hydrogens is 234 g/mol. The largest absolute Gasteiger partial charge is 0.491 e. The van der Waals surface area contributed by atoms with E-state index in [2.05, 4.69) is 44.4 Å². The fraction of sp³-hybridized carbons (Fsp3) is 0.529. The molecule has 19 heavy (non-hydrogen) atoms. The highest BCUT2D eigenvalue weighted by atomic mass is 16.5. The molecule has 2 heteroatoms. The second-order valence-electron chi connectivity index (χ2n) is 4.27. The first-order chi connectivity index (χ1) is 9.00. The van der Waals surface area contributed by atoms with Crippen LogP contribution in [0.25, 0.3) is 0 Å². The molecule has 0 saturated carbocycles. The average Bonchev–Trinajstić information content (AvgIpc) is 2.56. The van der Waals surface area contributed by atoms with Crippen molar-refractivity contribution < 1.29 is 4.74 Å². The van der Waals surface area contributed by atoms with Gasteiger partial charge >= 0.3 is 0 Å². The van der Waals surface area contributed by atoms with Crippen molar-refractivity contribution in [3.05, 3.63) is 47.3 Å². The number of ether oxygens (including phenoxy) is 1. The Hall–Kier alpha value is -1.28. The van der Waals surface area contributed by atoms with E-state index in [4.69, 9.17) is 4.74 Å². The lowest BCUT2D eigenvalue weighted by Crippen LogP contribution is -2.03. The Labute approximate surface area is 119 Å². The summed E-state index contributed by atoms with van der Waals surface area (Å²) in [6.07, 6.45) is 7.60. The quantitative estimate of drug-likeness (QED) is 0.747. The maximum absolute atomic E-state index is 5.62. The molecule has 110 valence electrons. The molecule has 0 amide bonds. The van der Waals surface area contributed by atoms with E-state index in [1.807, 2.05) is 27.7 Å². The predicted molar refractivity (Wildman–Crippen MR) is 87.0 cm³/mol. The van der Waals surface area contributed by atoms with E-state index in [9.17, 15) is 0 Å². The van der Waals surface area contributed by atoms with Crippen molar-refractivity contribution in [3.63, 3.8) is 0 Å². The van der Waals surface area contributed by atoms with Crippen LogP contribution in [0.1, 0.15) is 48.0 Å². The van der Waals surface area contributed by atoms with Crippen LogP contribution in [0.15, 0.2) is 47.3 Å². The lowest BCUT2D eigenvalue weighted by Gasteiger charge is -2.14. The molecule has 2 nitrogen and oxygen atoms in total. The zero-order chi connectivity index (χ0) is 15.4. The van der Waals surface area contributed by atoms with Crippen LogP contribution in [0.2, 0.25) is 0 Å². The van der Waals surface area contributed by atoms with E-state index in [-0.39, 0.29) is 6.10 Å². The minimum absolute atomic E-state index is 0.184. The van der Waals surface area contributed by atoms with Gasteiger partial charge in [-0.1, -0.05) is 49.8 Å². The first-order valence-corrected chi connectivity index (χ1v) is 6.99. The summed E-state index contributed by atoms with van der Waals surface area (Å²) < 4.78 is 5.62. The van der Waals surface area contributed by atoms with E-state index in [0.29, 0.717) is 0 Å². The molecule has 0 aliphatic heterocycles. The minimum atomic E-state index is 0.184. The Morgan fingerprint density at radius 3 is 2.21 bits per heavy atom. The summed E-state index contributed by atoms with van der Waals surface area (Å²) in [5, 5.41) is 0. The molecule has 1 rings (SSSR count). The van der Waals surface area contributed by atoms with Gasteiger partial charge in [-0.15, -0.1) is 0 Å². The monoisotopic (exact) mass is 265 g/mol. The topological polar surface area (TPSA) is 35.2 Å². The number of hydrogen-bond donors (Lipinski definition) is 1. The lowest BCUT2D eigenvalue weighted by atomic mass is 10.1. The molecule has 2 N–H and O–H groups in total. The molecule has 0 aromatic carbocycles. The van der Waals surface area contributed by atoms with Gasteiger partial charge in [-0.2, -0.15) is 0 Å². The smallest absolute Gasteiger partial charge is 0.119 e. The van der Waals surface area contributed by atoms with E-state index in [0.717, 1.165) is 17.8 Å². The van der Waals surface area contributed by atoms with Gasteiger partial charge in [0.1, 0.15) is 5.76 Å². The third-order valence-electron chi connectivity index (χ3n) is 2.38. The molecule has 1 aliphatic rings. The third kappa shape index (κ3) is 8.44. The molecule has 0 aromatic rings. The Morgan fingerprint density at radius 2 is 1.74 bits per heavy atom. The zero-order valence-electron chi connectivity index (χ0n) is 13.7. The average molecular weight is 265 g/mol. The second kappa shape index (κ2) is 11.8. The molecule has 0 unspecified atom stereocenters. The highest BCUT2D eigenvalue weighted by Crippen LogP contribution is 2.23. The van der Waals surface area contributed by atoms with Crippen molar-refractivity contribution in [2.24, 2.45) is 5.73 Å². The highest BCUT2D eigenvalue weighted by molar-refractivity contribution is 5.43. The van der Waals surface area contributed by atoms with Gasteiger partial charge in [-0.25, -0.2) is 0 Å². The number of nitrogens with two attached hydrogens (primary N) is 1. The SMILES string of the molecule is C=C(OC(C)C)C1=C(C)CC=C(C)C=C1.CC.CN. The van der Waals surface area contributed by atoms with Crippen LogP contribution in [0, 0.1) is 0 Å². The maximum atomic E-state index is 5.62. The van der Waals surface area contributed by atoms with E-state index in [1.165, 1.54) is 18.2 Å². The molecule has 0 fully saturated rings. The Morgan fingerprint density at radius 1 is 1.21 bits per heavy atom. The van der Waals surface area contributed by atoms with Gasteiger partial charge in [0.25, 0.3) is 0 Å². The highest BCUT2D eigenvalue weighted by Gasteiger charge is 2.08. The van der Waals surface area contributed by atoms with Crippen LogP contribution in [-0.2, 0) is 4.74 Å². The minimum Gasteiger partial charge on any atom is -0.491 e. The van der Waals surface area contributed by atoms with E-state index >= 15 is 0 Å². The first kappa shape index (κ1) is 20.0. The third-order valence-corrected chi connectivity index (χ3v) is 2.38. The van der Waals surface area contributed by atoms with Crippen LogP contribution < -0.4 is 5.73 Å². The summed E-state index contributed by atoms with van der Waals surface area (Å²) in [6.45, 7) is 16.3.